The van der Waals surface area contributed by atoms with Gasteiger partial charge in [0.2, 0.25) is 10.0 Å². The van der Waals surface area contributed by atoms with Crippen molar-refractivity contribution in [1.82, 2.24) is 9.29 Å². The lowest BCUT2D eigenvalue weighted by Crippen LogP contribution is -2.25. The molecule has 0 unspecified atom stereocenters. The summed E-state index contributed by atoms with van der Waals surface area (Å²) in [4.78, 5) is 0.270. The van der Waals surface area contributed by atoms with Gasteiger partial charge in [-0.2, -0.15) is 0 Å². The Hall–Kier alpha value is -1.63. The molecular weight excluding hydrogens is 376 g/mol. The summed E-state index contributed by atoms with van der Waals surface area (Å²) in [6, 6.07) is 17.0. The Morgan fingerprint density at radius 3 is 2.57 bits per heavy atom. The molecule has 0 saturated heterocycles. The number of aromatic nitrogens is 1. The van der Waals surface area contributed by atoms with Crippen LogP contribution in [0.5, 0.6) is 0 Å². The van der Waals surface area contributed by atoms with Gasteiger partial charge in [0.15, 0.2) is 0 Å². The predicted molar refractivity (Wildman–Crippen MR) is 95.9 cm³/mol. The van der Waals surface area contributed by atoms with Crippen molar-refractivity contribution in [3.63, 3.8) is 0 Å². The van der Waals surface area contributed by atoms with Crippen LogP contribution >= 0.6 is 15.9 Å². The van der Waals surface area contributed by atoms with Crippen molar-refractivity contribution >= 4 is 36.9 Å². The molecule has 6 heteroatoms. The lowest BCUT2D eigenvalue weighted by Gasteiger charge is -2.09. The maximum absolute atomic E-state index is 12.3. The summed E-state index contributed by atoms with van der Waals surface area (Å²) in [5.41, 5.74) is 1.17. The van der Waals surface area contributed by atoms with Crippen LogP contribution in [0.4, 0.5) is 0 Å². The van der Waals surface area contributed by atoms with E-state index in [2.05, 4.69) is 43.4 Å². The quantitative estimate of drug-likeness (QED) is 0.649. The fraction of sp³-hybridized carbons (Fsp3) is 0.176. The van der Waals surface area contributed by atoms with Crippen LogP contribution in [0.25, 0.3) is 10.9 Å². The zero-order chi connectivity index (χ0) is 16.3. The molecule has 1 aromatic heterocycles. The minimum absolute atomic E-state index is 0.270. The van der Waals surface area contributed by atoms with E-state index < -0.39 is 10.0 Å². The van der Waals surface area contributed by atoms with Crippen LogP contribution in [0.2, 0.25) is 0 Å². The van der Waals surface area contributed by atoms with Gasteiger partial charge in [0.1, 0.15) is 0 Å². The van der Waals surface area contributed by atoms with E-state index in [-0.39, 0.29) is 4.90 Å². The Morgan fingerprint density at radius 2 is 1.74 bits per heavy atom. The molecule has 0 saturated carbocycles. The standard InChI is InChI=1S/C17H17BrN2O2S/c18-15-7-2-4-9-17(15)23(21,22)19-11-5-12-20-13-10-14-6-1-3-8-16(14)20/h1-4,6-10,13,19H,5,11-12H2. The number of nitrogens with one attached hydrogen (secondary N) is 1. The first-order valence-corrected chi connectivity index (χ1v) is 9.64. The van der Waals surface area contributed by atoms with E-state index in [4.69, 9.17) is 0 Å². The molecule has 0 aliphatic carbocycles. The molecule has 2 aromatic carbocycles. The van der Waals surface area contributed by atoms with Gasteiger partial charge in [0, 0.05) is 29.3 Å². The minimum atomic E-state index is -3.48. The average Bonchev–Trinajstić information content (AvgIpc) is 2.95. The first-order chi connectivity index (χ1) is 11.1. The van der Waals surface area contributed by atoms with Crippen LogP contribution in [-0.2, 0) is 16.6 Å². The molecule has 1 N–H and O–H groups in total. The number of hydrogen-bond acceptors (Lipinski definition) is 2. The molecule has 120 valence electrons. The molecule has 4 nitrogen and oxygen atoms in total. The van der Waals surface area contributed by atoms with Crippen LogP contribution in [0.3, 0.4) is 0 Å². The van der Waals surface area contributed by atoms with Gasteiger partial charge < -0.3 is 4.57 Å². The molecule has 0 atom stereocenters. The van der Waals surface area contributed by atoms with E-state index in [0.29, 0.717) is 11.0 Å². The van der Waals surface area contributed by atoms with Gasteiger partial charge in [-0.3, -0.25) is 0 Å². The molecule has 23 heavy (non-hydrogen) atoms. The smallest absolute Gasteiger partial charge is 0.241 e. The Labute approximate surface area is 144 Å². The first kappa shape index (κ1) is 16.2. The van der Waals surface area contributed by atoms with Crippen LogP contribution in [0, 0.1) is 0 Å². The Bertz CT molecular complexity index is 919. The van der Waals surface area contributed by atoms with Crippen LogP contribution < -0.4 is 4.72 Å². The highest BCUT2D eigenvalue weighted by Gasteiger charge is 2.16. The fourth-order valence-corrected chi connectivity index (χ4v) is 4.61. The third-order valence-electron chi connectivity index (χ3n) is 3.67. The van der Waals surface area contributed by atoms with E-state index in [9.17, 15) is 8.42 Å². The van der Waals surface area contributed by atoms with Crippen LogP contribution in [-0.4, -0.2) is 19.5 Å². The van der Waals surface area contributed by atoms with Crippen molar-refractivity contribution in [2.75, 3.05) is 6.54 Å². The summed E-state index contributed by atoms with van der Waals surface area (Å²) in [5.74, 6) is 0. The SMILES string of the molecule is O=S(=O)(NCCCn1ccc2ccccc21)c1ccccc1Br. The second-order valence-corrected chi connectivity index (χ2v) is 7.84. The second kappa shape index (κ2) is 6.86. The van der Waals surface area contributed by atoms with Gasteiger partial charge in [-0.15, -0.1) is 0 Å². The van der Waals surface area contributed by atoms with E-state index in [1.54, 1.807) is 24.3 Å². The summed E-state index contributed by atoms with van der Waals surface area (Å²) in [5, 5.41) is 1.20. The molecule has 0 spiro atoms. The zero-order valence-corrected chi connectivity index (χ0v) is 14.8. The lowest BCUT2D eigenvalue weighted by atomic mass is 10.2. The van der Waals surface area contributed by atoms with E-state index in [0.717, 1.165) is 13.0 Å². The molecule has 1 heterocycles. The maximum atomic E-state index is 12.3. The summed E-state index contributed by atoms with van der Waals surface area (Å²) < 4.78 is 29.9. The van der Waals surface area contributed by atoms with E-state index in [1.807, 2.05) is 18.3 Å². The number of aryl methyl sites for hydroxylation is 1. The third-order valence-corrected chi connectivity index (χ3v) is 6.15. The number of benzene rings is 2. The van der Waals surface area contributed by atoms with Gasteiger partial charge in [-0.25, -0.2) is 13.1 Å². The van der Waals surface area contributed by atoms with Crippen molar-refractivity contribution < 1.29 is 8.42 Å². The topological polar surface area (TPSA) is 51.1 Å². The fourth-order valence-electron chi connectivity index (χ4n) is 2.53. The third kappa shape index (κ3) is 3.65. The molecule has 0 aliphatic rings. The highest BCUT2D eigenvalue weighted by molar-refractivity contribution is 9.10. The number of sulfonamides is 1. The Kier molecular flexibility index (Phi) is 4.84. The molecule has 3 rings (SSSR count). The Balaban J connectivity index is 1.60. The number of halogens is 1. The molecule has 0 amide bonds. The largest absolute Gasteiger partial charge is 0.347 e. The molecule has 3 aromatic rings. The van der Waals surface area contributed by atoms with Crippen molar-refractivity contribution in [3.8, 4) is 0 Å². The van der Waals surface area contributed by atoms with Crippen molar-refractivity contribution in [3.05, 3.63) is 65.3 Å². The van der Waals surface area contributed by atoms with Gasteiger partial charge in [-0.05, 0) is 52.0 Å². The summed E-state index contributed by atoms with van der Waals surface area (Å²) >= 11 is 3.28. The van der Waals surface area contributed by atoms with Crippen molar-refractivity contribution in [2.24, 2.45) is 0 Å². The highest BCUT2D eigenvalue weighted by Crippen LogP contribution is 2.21. The molecule has 0 bridgehead atoms. The molecule has 0 aliphatic heterocycles. The zero-order valence-electron chi connectivity index (χ0n) is 12.4. The molecular formula is C17H17BrN2O2S. The lowest BCUT2D eigenvalue weighted by molar-refractivity contribution is 0.571. The minimum Gasteiger partial charge on any atom is -0.347 e. The number of nitrogens with zero attached hydrogens (tertiary/aromatic N) is 1. The maximum Gasteiger partial charge on any atom is 0.241 e. The summed E-state index contributed by atoms with van der Waals surface area (Å²) in [7, 11) is -3.48. The van der Waals surface area contributed by atoms with Gasteiger partial charge in [0.25, 0.3) is 0 Å². The summed E-state index contributed by atoms with van der Waals surface area (Å²) in [6.45, 7) is 1.17. The average molecular weight is 393 g/mol. The van der Waals surface area contributed by atoms with Gasteiger partial charge >= 0.3 is 0 Å². The first-order valence-electron chi connectivity index (χ1n) is 7.36. The van der Waals surface area contributed by atoms with Crippen LogP contribution in [0.15, 0.2) is 70.2 Å². The molecule has 0 radical (unpaired) electrons. The van der Waals surface area contributed by atoms with E-state index >= 15 is 0 Å². The molecule has 0 fully saturated rings. The normalized spacial score (nSPS) is 11.9. The monoisotopic (exact) mass is 392 g/mol. The van der Waals surface area contributed by atoms with Gasteiger partial charge in [-0.1, -0.05) is 30.3 Å². The van der Waals surface area contributed by atoms with Gasteiger partial charge in [0.05, 0.1) is 4.90 Å². The number of rotatable bonds is 6. The number of hydrogen-bond donors (Lipinski definition) is 1. The van der Waals surface area contributed by atoms with Crippen molar-refractivity contribution in [1.29, 1.82) is 0 Å². The highest BCUT2D eigenvalue weighted by atomic mass is 79.9. The van der Waals surface area contributed by atoms with Crippen molar-refractivity contribution in [2.45, 2.75) is 17.9 Å². The van der Waals surface area contributed by atoms with E-state index in [1.165, 1.54) is 10.9 Å². The second-order valence-electron chi connectivity index (χ2n) is 5.25. The Morgan fingerprint density at radius 1 is 1.00 bits per heavy atom. The summed E-state index contributed by atoms with van der Waals surface area (Å²) in [6.07, 6.45) is 2.76. The predicted octanol–water partition coefficient (Wildman–Crippen LogP) is 3.77. The van der Waals surface area contributed by atoms with Crippen LogP contribution in [0.1, 0.15) is 6.42 Å². The number of para-hydroxylation sites is 1. The number of fused-ring (bicyclic) bond motifs is 1.